The van der Waals surface area contributed by atoms with E-state index in [0.717, 1.165) is 5.56 Å². The Kier molecular flexibility index (Phi) is 4.20. The average molecular weight is 289 g/mol. The van der Waals surface area contributed by atoms with Crippen molar-refractivity contribution in [1.82, 2.24) is 4.72 Å². The van der Waals surface area contributed by atoms with Crippen molar-refractivity contribution in [2.75, 3.05) is 0 Å². The lowest BCUT2D eigenvalue weighted by atomic mass is 10.0. The Morgan fingerprint density at radius 2 is 1.45 bits per heavy atom. The lowest BCUT2D eigenvalue weighted by molar-refractivity contribution is -0.120. The summed E-state index contributed by atoms with van der Waals surface area (Å²) >= 11 is 0. The van der Waals surface area contributed by atoms with Crippen molar-refractivity contribution in [3.8, 4) is 0 Å². The molecule has 0 aromatic heterocycles. The first-order chi connectivity index (χ1) is 9.50. The van der Waals surface area contributed by atoms with Crippen molar-refractivity contribution in [3.05, 3.63) is 66.2 Å². The SMILES string of the molecule is CC(C(=O)NS(=O)(=O)c1ccccc1)c1ccccc1. The Bertz CT molecular complexity index is 682. The molecule has 104 valence electrons. The van der Waals surface area contributed by atoms with E-state index in [1.807, 2.05) is 18.2 Å². The van der Waals surface area contributed by atoms with Crippen LogP contribution < -0.4 is 4.72 Å². The molecule has 1 unspecified atom stereocenters. The fourth-order valence-corrected chi connectivity index (χ4v) is 2.85. The van der Waals surface area contributed by atoms with Crippen molar-refractivity contribution < 1.29 is 13.2 Å². The predicted octanol–water partition coefficient (Wildman–Crippen LogP) is 2.30. The van der Waals surface area contributed by atoms with Gasteiger partial charge in [-0.1, -0.05) is 48.5 Å². The van der Waals surface area contributed by atoms with Gasteiger partial charge in [-0.05, 0) is 24.6 Å². The summed E-state index contributed by atoms with van der Waals surface area (Å²) in [4.78, 5) is 12.1. The third kappa shape index (κ3) is 3.24. The average Bonchev–Trinajstić information content (AvgIpc) is 2.48. The van der Waals surface area contributed by atoms with Crippen molar-refractivity contribution in [1.29, 1.82) is 0 Å². The van der Waals surface area contributed by atoms with Gasteiger partial charge in [0, 0.05) is 0 Å². The van der Waals surface area contributed by atoms with Gasteiger partial charge in [0.1, 0.15) is 0 Å². The fourth-order valence-electron chi connectivity index (χ4n) is 1.77. The Morgan fingerprint density at radius 1 is 0.950 bits per heavy atom. The first-order valence-corrected chi connectivity index (χ1v) is 7.65. The smallest absolute Gasteiger partial charge is 0.264 e. The molecule has 4 nitrogen and oxygen atoms in total. The first-order valence-electron chi connectivity index (χ1n) is 6.17. The molecule has 1 atom stereocenters. The Morgan fingerprint density at radius 3 is 2.00 bits per heavy atom. The zero-order valence-corrected chi connectivity index (χ0v) is 11.8. The van der Waals surface area contributed by atoms with Gasteiger partial charge >= 0.3 is 0 Å². The van der Waals surface area contributed by atoms with Gasteiger partial charge < -0.3 is 0 Å². The highest BCUT2D eigenvalue weighted by atomic mass is 32.2. The number of nitrogens with one attached hydrogen (secondary N) is 1. The number of hydrogen-bond acceptors (Lipinski definition) is 3. The molecular weight excluding hydrogens is 274 g/mol. The second kappa shape index (κ2) is 5.88. The molecule has 0 aliphatic carbocycles. The number of sulfonamides is 1. The van der Waals surface area contributed by atoms with Gasteiger partial charge in [0.2, 0.25) is 5.91 Å². The van der Waals surface area contributed by atoms with E-state index in [1.54, 1.807) is 37.3 Å². The van der Waals surface area contributed by atoms with E-state index in [2.05, 4.69) is 4.72 Å². The fraction of sp³-hybridized carbons (Fsp3) is 0.133. The molecule has 5 heteroatoms. The molecule has 0 aliphatic heterocycles. The summed E-state index contributed by atoms with van der Waals surface area (Å²) in [7, 11) is -3.81. The second-order valence-corrected chi connectivity index (χ2v) is 6.10. The van der Waals surface area contributed by atoms with E-state index in [9.17, 15) is 13.2 Å². The molecule has 0 heterocycles. The molecule has 2 rings (SSSR count). The lowest BCUT2D eigenvalue weighted by Crippen LogP contribution is -2.33. The molecule has 0 saturated heterocycles. The minimum absolute atomic E-state index is 0.0774. The number of benzene rings is 2. The van der Waals surface area contributed by atoms with Crippen LogP contribution in [0.5, 0.6) is 0 Å². The summed E-state index contributed by atoms with van der Waals surface area (Å²) in [6.07, 6.45) is 0. The number of rotatable bonds is 4. The molecule has 0 radical (unpaired) electrons. The summed E-state index contributed by atoms with van der Waals surface area (Å²) in [5, 5.41) is 0. The summed E-state index contributed by atoms with van der Waals surface area (Å²) in [5.74, 6) is -1.07. The third-order valence-corrected chi connectivity index (χ3v) is 4.34. The van der Waals surface area contributed by atoms with Crippen LogP contribution in [0.1, 0.15) is 18.4 Å². The Balaban J connectivity index is 2.16. The monoisotopic (exact) mass is 289 g/mol. The molecule has 1 N–H and O–H groups in total. The number of carbonyl (C=O) groups excluding carboxylic acids is 1. The van der Waals surface area contributed by atoms with Crippen LogP contribution in [0.4, 0.5) is 0 Å². The van der Waals surface area contributed by atoms with Crippen LogP contribution in [0, 0.1) is 0 Å². The molecule has 2 aromatic carbocycles. The Hall–Kier alpha value is -2.14. The molecule has 0 spiro atoms. The van der Waals surface area contributed by atoms with E-state index in [4.69, 9.17) is 0 Å². The second-order valence-electron chi connectivity index (χ2n) is 4.42. The zero-order valence-electron chi connectivity index (χ0n) is 11.0. The van der Waals surface area contributed by atoms with Crippen molar-refractivity contribution >= 4 is 15.9 Å². The van der Waals surface area contributed by atoms with Gasteiger partial charge in [-0.3, -0.25) is 4.79 Å². The molecule has 1 amide bonds. The van der Waals surface area contributed by atoms with Gasteiger partial charge in [-0.15, -0.1) is 0 Å². The summed E-state index contributed by atoms with van der Waals surface area (Å²) in [6, 6.07) is 16.9. The first kappa shape index (κ1) is 14.3. The molecule has 0 aliphatic rings. The molecule has 20 heavy (non-hydrogen) atoms. The molecule has 0 fully saturated rings. The van der Waals surface area contributed by atoms with E-state index in [0.29, 0.717) is 0 Å². The van der Waals surface area contributed by atoms with Crippen LogP contribution in [-0.2, 0) is 14.8 Å². The van der Waals surface area contributed by atoms with Crippen LogP contribution in [-0.4, -0.2) is 14.3 Å². The highest BCUT2D eigenvalue weighted by molar-refractivity contribution is 7.90. The number of carbonyl (C=O) groups is 1. The van der Waals surface area contributed by atoms with Crippen LogP contribution in [0.25, 0.3) is 0 Å². The number of amides is 1. The topological polar surface area (TPSA) is 63.2 Å². The zero-order chi connectivity index (χ0) is 14.6. The van der Waals surface area contributed by atoms with E-state index in [-0.39, 0.29) is 4.90 Å². The molecule has 0 bridgehead atoms. The van der Waals surface area contributed by atoms with Crippen LogP contribution in [0.15, 0.2) is 65.6 Å². The van der Waals surface area contributed by atoms with Crippen LogP contribution >= 0.6 is 0 Å². The quantitative estimate of drug-likeness (QED) is 0.939. The standard InChI is InChI=1S/C15H15NO3S/c1-12(13-8-4-2-5-9-13)15(17)16-20(18,19)14-10-6-3-7-11-14/h2-12H,1H3,(H,16,17). The Labute approximate surface area is 118 Å². The summed E-state index contributed by atoms with van der Waals surface area (Å²) < 4.78 is 26.2. The summed E-state index contributed by atoms with van der Waals surface area (Å²) in [6.45, 7) is 1.67. The molecule has 2 aromatic rings. The van der Waals surface area contributed by atoms with Gasteiger partial charge in [0.25, 0.3) is 10.0 Å². The minimum atomic E-state index is -3.81. The normalized spacial score (nSPS) is 12.7. The van der Waals surface area contributed by atoms with Crippen molar-refractivity contribution in [2.24, 2.45) is 0 Å². The van der Waals surface area contributed by atoms with Crippen molar-refractivity contribution in [2.45, 2.75) is 17.7 Å². The minimum Gasteiger partial charge on any atom is -0.273 e. The molecule has 0 saturated carbocycles. The number of hydrogen-bond donors (Lipinski definition) is 1. The maximum absolute atomic E-state index is 12.0. The summed E-state index contributed by atoms with van der Waals surface area (Å²) in [5.41, 5.74) is 0.772. The highest BCUT2D eigenvalue weighted by Gasteiger charge is 2.22. The third-order valence-electron chi connectivity index (χ3n) is 2.98. The van der Waals surface area contributed by atoms with Gasteiger partial charge in [0.05, 0.1) is 10.8 Å². The van der Waals surface area contributed by atoms with Crippen molar-refractivity contribution in [3.63, 3.8) is 0 Å². The van der Waals surface area contributed by atoms with Gasteiger partial charge in [0.15, 0.2) is 0 Å². The maximum Gasteiger partial charge on any atom is 0.264 e. The van der Waals surface area contributed by atoms with Gasteiger partial charge in [-0.25, -0.2) is 13.1 Å². The largest absolute Gasteiger partial charge is 0.273 e. The van der Waals surface area contributed by atoms with Gasteiger partial charge in [-0.2, -0.15) is 0 Å². The van der Waals surface area contributed by atoms with Crippen LogP contribution in [0.2, 0.25) is 0 Å². The lowest BCUT2D eigenvalue weighted by Gasteiger charge is -2.12. The maximum atomic E-state index is 12.0. The van der Waals surface area contributed by atoms with E-state index in [1.165, 1.54) is 12.1 Å². The van der Waals surface area contributed by atoms with Crippen LogP contribution in [0.3, 0.4) is 0 Å². The highest BCUT2D eigenvalue weighted by Crippen LogP contribution is 2.16. The molecular formula is C15H15NO3S. The van der Waals surface area contributed by atoms with E-state index >= 15 is 0 Å². The predicted molar refractivity (Wildman–Crippen MR) is 76.6 cm³/mol. The van der Waals surface area contributed by atoms with E-state index < -0.39 is 21.8 Å².